The molecule has 1 aromatic carbocycles. The largest absolute Gasteiger partial charge is 0.379 e. The van der Waals surface area contributed by atoms with Gasteiger partial charge < -0.3 is 10.1 Å². The molecule has 2 unspecified atom stereocenters. The summed E-state index contributed by atoms with van der Waals surface area (Å²) >= 11 is 0. The van der Waals surface area contributed by atoms with Crippen molar-refractivity contribution < 1.29 is 9.53 Å². The van der Waals surface area contributed by atoms with E-state index >= 15 is 0 Å². The Labute approximate surface area is 157 Å². The number of piperidine rings is 1. The molecule has 0 aliphatic carbocycles. The van der Waals surface area contributed by atoms with E-state index in [-0.39, 0.29) is 17.9 Å². The summed E-state index contributed by atoms with van der Waals surface area (Å²) in [5.74, 6) is 0.387. The van der Waals surface area contributed by atoms with Crippen LogP contribution in [0.3, 0.4) is 0 Å². The molecule has 144 valence electrons. The topological polar surface area (TPSA) is 44.8 Å². The van der Waals surface area contributed by atoms with E-state index in [1.54, 1.807) is 0 Å². The fourth-order valence-electron chi connectivity index (χ4n) is 3.96. The van der Waals surface area contributed by atoms with Crippen LogP contribution in [0.1, 0.15) is 32.3 Å². The van der Waals surface area contributed by atoms with E-state index in [2.05, 4.69) is 59.3 Å². The van der Waals surface area contributed by atoms with Crippen molar-refractivity contribution in [1.82, 2.24) is 15.1 Å². The fourth-order valence-corrected chi connectivity index (χ4v) is 3.96. The second-order valence-corrected chi connectivity index (χ2v) is 7.72. The number of rotatable bonds is 6. The van der Waals surface area contributed by atoms with E-state index in [1.807, 2.05) is 0 Å². The maximum Gasteiger partial charge on any atom is 0.223 e. The van der Waals surface area contributed by atoms with E-state index in [0.717, 1.165) is 58.8 Å². The minimum atomic E-state index is 0.154. The van der Waals surface area contributed by atoms with E-state index in [4.69, 9.17) is 4.74 Å². The first-order valence-electron chi connectivity index (χ1n) is 10.0. The Bertz CT molecular complexity index is 552. The van der Waals surface area contributed by atoms with Crippen LogP contribution in [0.25, 0.3) is 0 Å². The predicted molar refractivity (Wildman–Crippen MR) is 104 cm³/mol. The van der Waals surface area contributed by atoms with Crippen LogP contribution < -0.4 is 5.32 Å². The molecule has 5 nitrogen and oxygen atoms in total. The van der Waals surface area contributed by atoms with Crippen molar-refractivity contribution in [2.24, 2.45) is 5.92 Å². The monoisotopic (exact) mass is 359 g/mol. The number of nitrogens with one attached hydrogen (secondary N) is 1. The number of ether oxygens (including phenoxy) is 1. The summed E-state index contributed by atoms with van der Waals surface area (Å²) in [4.78, 5) is 17.6. The van der Waals surface area contributed by atoms with Crippen LogP contribution in [0.4, 0.5) is 0 Å². The lowest BCUT2D eigenvalue weighted by molar-refractivity contribution is -0.127. The maximum atomic E-state index is 12.7. The van der Waals surface area contributed by atoms with Gasteiger partial charge in [-0.2, -0.15) is 0 Å². The van der Waals surface area contributed by atoms with Crippen molar-refractivity contribution in [3.63, 3.8) is 0 Å². The average molecular weight is 360 g/mol. The number of amides is 1. The highest BCUT2D eigenvalue weighted by Gasteiger charge is 2.28. The predicted octanol–water partition coefficient (Wildman–Crippen LogP) is 2.12. The molecule has 2 aliphatic rings. The summed E-state index contributed by atoms with van der Waals surface area (Å²) in [6.07, 6.45) is 1.91. The second-order valence-electron chi connectivity index (χ2n) is 7.72. The average Bonchev–Trinajstić information content (AvgIpc) is 2.69. The molecule has 0 aromatic heterocycles. The molecule has 2 atom stereocenters. The Kier molecular flexibility index (Phi) is 7.06. The Morgan fingerprint density at radius 2 is 1.77 bits per heavy atom. The van der Waals surface area contributed by atoms with Gasteiger partial charge in [0.15, 0.2) is 0 Å². The normalized spacial score (nSPS) is 22.7. The van der Waals surface area contributed by atoms with E-state index in [0.29, 0.717) is 6.04 Å². The highest BCUT2D eigenvalue weighted by molar-refractivity contribution is 5.79. The summed E-state index contributed by atoms with van der Waals surface area (Å²) in [7, 11) is 0. The lowest BCUT2D eigenvalue weighted by Crippen LogP contribution is -2.53. The number of hydrogen-bond acceptors (Lipinski definition) is 4. The number of hydrogen-bond donors (Lipinski definition) is 1. The fraction of sp³-hybridized carbons (Fsp3) is 0.667. The van der Waals surface area contributed by atoms with Gasteiger partial charge in [-0.25, -0.2) is 0 Å². The third kappa shape index (κ3) is 5.29. The van der Waals surface area contributed by atoms with Crippen LogP contribution in [0.5, 0.6) is 0 Å². The molecule has 2 aliphatic heterocycles. The van der Waals surface area contributed by atoms with Gasteiger partial charge in [0.1, 0.15) is 0 Å². The summed E-state index contributed by atoms with van der Waals surface area (Å²) in [5, 5.41) is 3.27. The van der Waals surface area contributed by atoms with Crippen LogP contribution >= 0.6 is 0 Å². The molecule has 26 heavy (non-hydrogen) atoms. The van der Waals surface area contributed by atoms with E-state index in [1.165, 1.54) is 5.56 Å². The van der Waals surface area contributed by atoms with Gasteiger partial charge in [0.2, 0.25) is 5.91 Å². The van der Waals surface area contributed by atoms with Crippen LogP contribution in [0, 0.1) is 5.92 Å². The molecule has 1 N–H and O–H groups in total. The van der Waals surface area contributed by atoms with Crippen molar-refractivity contribution in [2.45, 2.75) is 45.3 Å². The van der Waals surface area contributed by atoms with Crippen molar-refractivity contribution in [3.05, 3.63) is 35.9 Å². The first-order valence-corrected chi connectivity index (χ1v) is 10.0. The van der Waals surface area contributed by atoms with Crippen LogP contribution in [0.15, 0.2) is 30.3 Å². The number of morpholine rings is 1. The third-order valence-electron chi connectivity index (χ3n) is 5.92. The smallest absolute Gasteiger partial charge is 0.223 e. The molecule has 0 bridgehead atoms. The van der Waals surface area contributed by atoms with Crippen molar-refractivity contribution in [3.8, 4) is 0 Å². The molecule has 1 aromatic rings. The zero-order valence-electron chi connectivity index (χ0n) is 16.2. The molecule has 3 rings (SSSR count). The Morgan fingerprint density at radius 3 is 2.42 bits per heavy atom. The molecule has 1 amide bonds. The van der Waals surface area contributed by atoms with Crippen LogP contribution in [0.2, 0.25) is 0 Å². The summed E-state index contributed by atoms with van der Waals surface area (Å²) in [6, 6.07) is 11.1. The highest BCUT2D eigenvalue weighted by Crippen LogP contribution is 2.20. The molecule has 0 spiro atoms. The van der Waals surface area contributed by atoms with Gasteiger partial charge in [-0.15, -0.1) is 0 Å². The highest BCUT2D eigenvalue weighted by atomic mass is 16.5. The van der Waals surface area contributed by atoms with Crippen molar-refractivity contribution in [1.29, 1.82) is 0 Å². The molecular formula is C21H33N3O2. The number of likely N-dealkylation sites (tertiary alicyclic amines) is 1. The minimum absolute atomic E-state index is 0.154. The minimum Gasteiger partial charge on any atom is -0.379 e. The first-order chi connectivity index (χ1) is 12.6. The number of carbonyl (C=O) groups is 1. The number of nitrogens with zero attached hydrogens (tertiary/aromatic N) is 2. The van der Waals surface area contributed by atoms with Gasteiger partial charge >= 0.3 is 0 Å². The SMILES string of the molecule is CC(NC(=O)C1CCN(Cc2ccccc2)CC1)C(C)N1CCOCC1. The van der Waals surface area contributed by atoms with Gasteiger partial charge in [0, 0.05) is 37.6 Å². The summed E-state index contributed by atoms with van der Waals surface area (Å²) < 4.78 is 5.42. The summed E-state index contributed by atoms with van der Waals surface area (Å²) in [5.41, 5.74) is 1.35. The van der Waals surface area contributed by atoms with Crippen LogP contribution in [-0.4, -0.2) is 67.2 Å². The molecule has 5 heteroatoms. The third-order valence-corrected chi connectivity index (χ3v) is 5.92. The van der Waals surface area contributed by atoms with Gasteiger partial charge in [0.25, 0.3) is 0 Å². The quantitative estimate of drug-likeness (QED) is 0.845. The number of benzene rings is 1. The molecule has 0 radical (unpaired) electrons. The maximum absolute atomic E-state index is 12.7. The van der Waals surface area contributed by atoms with Crippen LogP contribution in [-0.2, 0) is 16.1 Å². The molecular weight excluding hydrogens is 326 g/mol. The Morgan fingerprint density at radius 1 is 1.12 bits per heavy atom. The molecule has 2 saturated heterocycles. The van der Waals surface area contributed by atoms with Crippen molar-refractivity contribution in [2.75, 3.05) is 39.4 Å². The zero-order chi connectivity index (χ0) is 18.4. The lowest BCUT2D eigenvalue weighted by Gasteiger charge is -2.37. The Hall–Kier alpha value is -1.43. The molecule has 2 fully saturated rings. The van der Waals surface area contributed by atoms with Crippen molar-refractivity contribution >= 4 is 5.91 Å². The van der Waals surface area contributed by atoms with E-state index < -0.39 is 0 Å². The van der Waals surface area contributed by atoms with Gasteiger partial charge in [0.05, 0.1) is 13.2 Å². The standard InChI is InChI=1S/C21H33N3O2/c1-17(18(2)24-12-14-26-15-13-24)22-21(25)20-8-10-23(11-9-20)16-19-6-4-3-5-7-19/h3-7,17-18,20H,8-16H2,1-2H3,(H,22,25). The first kappa shape index (κ1) is 19.3. The Balaban J connectivity index is 1.41. The molecule has 0 saturated carbocycles. The van der Waals surface area contributed by atoms with Gasteiger partial charge in [-0.05, 0) is 45.3 Å². The lowest BCUT2D eigenvalue weighted by atomic mass is 9.95. The zero-order valence-corrected chi connectivity index (χ0v) is 16.2. The van der Waals surface area contributed by atoms with Gasteiger partial charge in [-0.1, -0.05) is 30.3 Å². The van der Waals surface area contributed by atoms with E-state index in [9.17, 15) is 4.79 Å². The number of carbonyl (C=O) groups excluding carboxylic acids is 1. The molecule has 2 heterocycles. The summed E-state index contributed by atoms with van der Waals surface area (Å²) in [6.45, 7) is 10.8. The van der Waals surface area contributed by atoms with Gasteiger partial charge in [-0.3, -0.25) is 14.6 Å². The second kappa shape index (κ2) is 9.49.